The Kier molecular flexibility index (Phi) is 4.79. The van der Waals surface area contributed by atoms with Crippen molar-refractivity contribution in [3.63, 3.8) is 0 Å². The Labute approximate surface area is 94.6 Å². The second-order valence-corrected chi connectivity index (χ2v) is 3.44. The van der Waals surface area contributed by atoms with E-state index in [1.54, 1.807) is 7.11 Å². The highest BCUT2D eigenvalue weighted by Gasteiger charge is 2.00. The highest BCUT2D eigenvalue weighted by Crippen LogP contribution is 2.27. The quantitative estimate of drug-likeness (QED) is 0.782. The lowest BCUT2D eigenvalue weighted by atomic mass is 10.3. The third-order valence-electron chi connectivity index (χ3n) is 1.95. The minimum absolute atomic E-state index is 0.566. The smallest absolute Gasteiger partial charge is 0.137 e. The van der Waals surface area contributed by atoms with E-state index in [0.29, 0.717) is 17.2 Å². The van der Waals surface area contributed by atoms with Gasteiger partial charge in [-0.2, -0.15) is 5.26 Å². The second-order valence-electron chi connectivity index (χ2n) is 3.04. The van der Waals surface area contributed by atoms with Gasteiger partial charge in [0.05, 0.1) is 18.2 Å². The zero-order valence-electron chi connectivity index (χ0n) is 8.59. The van der Waals surface area contributed by atoms with Crippen LogP contribution in [0.25, 0.3) is 0 Å². The number of rotatable bonds is 5. The molecule has 0 saturated heterocycles. The van der Waals surface area contributed by atoms with Crippen molar-refractivity contribution in [2.45, 2.75) is 12.8 Å². The van der Waals surface area contributed by atoms with E-state index in [-0.39, 0.29) is 0 Å². The molecule has 1 N–H and O–H groups in total. The molecular weight excluding hydrogens is 212 g/mol. The van der Waals surface area contributed by atoms with E-state index < -0.39 is 0 Å². The van der Waals surface area contributed by atoms with Gasteiger partial charge in [0, 0.05) is 18.7 Å². The van der Waals surface area contributed by atoms with Gasteiger partial charge in [0.2, 0.25) is 0 Å². The fraction of sp³-hybridized carbons (Fsp3) is 0.364. The molecule has 1 aromatic rings. The Bertz CT molecular complexity index is 360. The minimum Gasteiger partial charge on any atom is -0.495 e. The van der Waals surface area contributed by atoms with Gasteiger partial charge in [-0.1, -0.05) is 11.6 Å². The molecule has 0 radical (unpaired) electrons. The van der Waals surface area contributed by atoms with E-state index in [1.807, 2.05) is 18.2 Å². The van der Waals surface area contributed by atoms with Crippen molar-refractivity contribution in [3.05, 3.63) is 23.2 Å². The van der Waals surface area contributed by atoms with Crippen molar-refractivity contribution >= 4 is 17.3 Å². The summed E-state index contributed by atoms with van der Waals surface area (Å²) < 4.78 is 5.04. The van der Waals surface area contributed by atoms with Gasteiger partial charge in [0.25, 0.3) is 0 Å². The van der Waals surface area contributed by atoms with Gasteiger partial charge in [0.15, 0.2) is 0 Å². The van der Waals surface area contributed by atoms with Crippen molar-refractivity contribution in [2.24, 2.45) is 0 Å². The molecule has 4 heteroatoms. The van der Waals surface area contributed by atoms with Crippen molar-refractivity contribution in [1.82, 2.24) is 0 Å². The Morgan fingerprint density at radius 3 is 2.93 bits per heavy atom. The summed E-state index contributed by atoms with van der Waals surface area (Å²) in [6.07, 6.45) is 1.40. The first-order valence-corrected chi connectivity index (χ1v) is 5.10. The molecule has 0 unspecified atom stereocenters. The van der Waals surface area contributed by atoms with E-state index >= 15 is 0 Å². The van der Waals surface area contributed by atoms with Gasteiger partial charge in [-0.3, -0.25) is 0 Å². The summed E-state index contributed by atoms with van der Waals surface area (Å²) in [6.45, 7) is 0.774. The Morgan fingerprint density at radius 1 is 1.53 bits per heavy atom. The molecule has 1 rings (SSSR count). The maximum atomic E-state index is 8.36. The summed E-state index contributed by atoms with van der Waals surface area (Å²) >= 11 is 5.95. The summed E-state index contributed by atoms with van der Waals surface area (Å²) in [7, 11) is 1.58. The van der Waals surface area contributed by atoms with Crippen LogP contribution in [0.2, 0.25) is 5.02 Å². The van der Waals surface area contributed by atoms with Crippen molar-refractivity contribution in [2.75, 3.05) is 19.0 Å². The van der Waals surface area contributed by atoms with E-state index in [0.717, 1.165) is 18.7 Å². The largest absolute Gasteiger partial charge is 0.495 e. The molecule has 1 aromatic carbocycles. The lowest BCUT2D eigenvalue weighted by molar-refractivity contribution is 0.415. The molecule has 0 amide bonds. The third kappa shape index (κ3) is 3.69. The maximum absolute atomic E-state index is 8.36. The minimum atomic E-state index is 0.566. The van der Waals surface area contributed by atoms with Crippen LogP contribution in [-0.4, -0.2) is 13.7 Å². The number of anilines is 1. The number of halogens is 1. The fourth-order valence-electron chi connectivity index (χ4n) is 1.18. The molecule has 0 atom stereocenters. The Morgan fingerprint density at radius 2 is 2.33 bits per heavy atom. The normalized spacial score (nSPS) is 9.40. The zero-order valence-corrected chi connectivity index (χ0v) is 9.34. The number of ether oxygens (including phenoxy) is 1. The number of benzene rings is 1. The maximum Gasteiger partial charge on any atom is 0.137 e. The molecule has 0 aliphatic carbocycles. The van der Waals surface area contributed by atoms with Crippen molar-refractivity contribution in [3.8, 4) is 11.8 Å². The Hall–Kier alpha value is -1.40. The van der Waals surface area contributed by atoms with Crippen LogP contribution in [0.5, 0.6) is 5.75 Å². The molecule has 15 heavy (non-hydrogen) atoms. The predicted octanol–water partition coefficient (Wildman–Crippen LogP) is 3.06. The predicted molar refractivity (Wildman–Crippen MR) is 61.3 cm³/mol. The van der Waals surface area contributed by atoms with Crippen LogP contribution in [0.15, 0.2) is 18.2 Å². The fourth-order valence-corrected chi connectivity index (χ4v) is 1.43. The molecule has 0 spiro atoms. The summed E-state index contributed by atoms with van der Waals surface area (Å²) in [5.74, 6) is 0.666. The van der Waals surface area contributed by atoms with Crippen LogP contribution in [0.3, 0.4) is 0 Å². The van der Waals surface area contributed by atoms with E-state index in [2.05, 4.69) is 11.4 Å². The number of hydrogen-bond donors (Lipinski definition) is 1. The monoisotopic (exact) mass is 224 g/mol. The van der Waals surface area contributed by atoms with Crippen molar-refractivity contribution < 1.29 is 4.74 Å². The first kappa shape index (κ1) is 11.7. The van der Waals surface area contributed by atoms with Crippen LogP contribution in [0, 0.1) is 11.3 Å². The number of nitrogens with zero attached hydrogens (tertiary/aromatic N) is 1. The van der Waals surface area contributed by atoms with Gasteiger partial charge in [0.1, 0.15) is 5.75 Å². The lowest BCUT2D eigenvalue weighted by Crippen LogP contribution is -2.00. The first-order valence-electron chi connectivity index (χ1n) is 4.72. The summed E-state index contributed by atoms with van der Waals surface area (Å²) in [5, 5.41) is 12.1. The van der Waals surface area contributed by atoms with Crippen LogP contribution < -0.4 is 10.1 Å². The summed E-state index contributed by atoms with van der Waals surface area (Å²) in [5.41, 5.74) is 0.943. The number of nitriles is 1. The van der Waals surface area contributed by atoms with Gasteiger partial charge in [-0.15, -0.1) is 0 Å². The molecule has 0 aliphatic rings. The molecule has 0 saturated carbocycles. The highest BCUT2D eigenvalue weighted by molar-refractivity contribution is 6.32. The first-order chi connectivity index (χ1) is 7.27. The SMILES string of the molecule is COc1ccc(NCCCC#N)cc1Cl. The van der Waals surface area contributed by atoms with E-state index in [9.17, 15) is 0 Å². The molecule has 0 aromatic heterocycles. The highest BCUT2D eigenvalue weighted by atomic mass is 35.5. The summed E-state index contributed by atoms with van der Waals surface area (Å²) in [6, 6.07) is 7.62. The number of unbranched alkanes of at least 4 members (excludes halogenated alkanes) is 1. The summed E-state index contributed by atoms with van der Waals surface area (Å²) in [4.78, 5) is 0. The van der Waals surface area contributed by atoms with Crippen LogP contribution >= 0.6 is 11.6 Å². The Balaban J connectivity index is 2.49. The zero-order chi connectivity index (χ0) is 11.1. The van der Waals surface area contributed by atoms with Gasteiger partial charge < -0.3 is 10.1 Å². The number of nitrogens with one attached hydrogen (secondary N) is 1. The lowest BCUT2D eigenvalue weighted by Gasteiger charge is -2.07. The topological polar surface area (TPSA) is 45.0 Å². The molecule has 3 nitrogen and oxygen atoms in total. The molecular formula is C11H13ClN2O. The molecule has 0 fully saturated rings. The third-order valence-corrected chi connectivity index (χ3v) is 2.24. The van der Waals surface area contributed by atoms with Gasteiger partial charge in [-0.05, 0) is 24.6 Å². The van der Waals surface area contributed by atoms with Gasteiger partial charge in [-0.25, -0.2) is 0 Å². The number of hydrogen-bond acceptors (Lipinski definition) is 3. The molecule has 80 valence electrons. The molecule has 0 aliphatic heterocycles. The average molecular weight is 225 g/mol. The van der Waals surface area contributed by atoms with E-state index in [1.165, 1.54) is 0 Å². The van der Waals surface area contributed by atoms with Crippen LogP contribution in [0.4, 0.5) is 5.69 Å². The van der Waals surface area contributed by atoms with Crippen LogP contribution in [-0.2, 0) is 0 Å². The average Bonchev–Trinajstić information content (AvgIpc) is 2.25. The number of methoxy groups -OCH3 is 1. The van der Waals surface area contributed by atoms with E-state index in [4.69, 9.17) is 21.6 Å². The second kappa shape index (κ2) is 6.15. The van der Waals surface area contributed by atoms with Crippen molar-refractivity contribution in [1.29, 1.82) is 5.26 Å². The standard InChI is InChI=1S/C11H13ClN2O/c1-15-11-5-4-9(8-10(11)12)14-7-3-2-6-13/h4-5,8,14H,2-3,7H2,1H3. The van der Waals surface area contributed by atoms with Crippen LogP contribution in [0.1, 0.15) is 12.8 Å². The van der Waals surface area contributed by atoms with Gasteiger partial charge >= 0.3 is 0 Å². The molecule has 0 heterocycles. The molecule has 0 bridgehead atoms.